The molecular formula is C24H30N6O5. The first-order valence-electron chi connectivity index (χ1n) is 11.7. The lowest BCUT2D eigenvalue weighted by Gasteiger charge is -2.24. The number of aryl methyl sites for hydroxylation is 1. The molecule has 0 saturated heterocycles. The number of fused-ring (bicyclic) bond motifs is 2. The number of carboxylic acids is 2. The number of benzene rings is 1. The molecule has 2 unspecified atom stereocenters. The maximum Gasteiger partial charge on any atom is 0.326 e. The van der Waals surface area contributed by atoms with Crippen LogP contribution in [0.1, 0.15) is 65.2 Å². The van der Waals surface area contributed by atoms with Gasteiger partial charge in [0.25, 0.3) is 5.91 Å². The number of hydrogen-bond acceptors (Lipinski definition) is 8. The largest absolute Gasteiger partial charge is 0.481 e. The summed E-state index contributed by atoms with van der Waals surface area (Å²) in [5.41, 5.74) is 16.2. The van der Waals surface area contributed by atoms with E-state index in [1.54, 1.807) is 12.1 Å². The molecule has 1 aliphatic carbocycles. The fraction of sp³-hybridized carbons (Fsp3) is 0.458. The number of carboxylic acid groups (broad SMARTS) is 2. The lowest BCUT2D eigenvalue weighted by Crippen LogP contribution is -2.41. The molecule has 186 valence electrons. The fourth-order valence-corrected chi connectivity index (χ4v) is 5.21. The fourth-order valence-electron chi connectivity index (χ4n) is 5.21. The van der Waals surface area contributed by atoms with Gasteiger partial charge in [-0.2, -0.15) is 4.98 Å². The monoisotopic (exact) mass is 482 g/mol. The minimum atomic E-state index is -1.26. The van der Waals surface area contributed by atoms with Crippen LogP contribution in [0.4, 0.5) is 17.5 Å². The van der Waals surface area contributed by atoms with Crippen LogP contribution in [0.3, 0.4) is 0 Å². The van der Waals surface area contributed by atoms with Crippen molar-refractivity contribution in [1.29, 1.82) is 0 Å². The molecule has 2 heterocycles. The second-order valence-electron chi connectivity index (χ2n) is 9.25. The first-order chi connectivity index (χ1) is 16.6. The van der Waals surface area contributed by atoms with Crippen molar-refractivity contribution in [3.05, 3.63) is 40.6 Å². The Morgan fingerprint density at radius 2 is 1.97 bits per heavy atom. The van der Waals surface area contributed by atoms with Gasteiger partial charge in [-0.15, -0.1) is 0 Å². The molecule has 0 fully saturated rings. The van der Waals surface area contributed by atoms with Crippen molar-refractivity contribution in [2.45, 2.75) is 62.9 Å². The Balaban J connectivity index is 1.39. The molecule has 1 aromatic carbocycles. The summed E-state index contributed by atoms with van der Waals surface area (Å²) < 4.78 is 0. The van der Waals surface area contributed by atoms with Crippen LogP contribution in [0.5, 0.6) is 0 Å². The van der Waals surface area contributed by atoms with E-state index < -0.39 is 23.9 Å². The molecule has 2 aliphatic rings. The van der Waals surface area contributed by atoms with Crippen LogP contribution in [-0.4, -0.2) is 57.2 Å². The molecule has 35 heavy (non-hydrogen) atoms. The lowest BCUT2D eigenvalue weighted by atomic mass is 9.93. The van der Waals surface area contributed by atoms with Gasteiger partial charge in [0, 0.05) is 36.3 Å². The standard InChI is InChI=1S/C24H30N6O5/c1-30-15(5-2-12-3-6-16-20(12)21(25)29-24(26)28-16)11-14-10-13(4-8-18(14)30)22(33)27-17(23(34)35)7-9-19(31)32/h4,8,10,12,15,17H,2-3,5-7,9,11H2,1H3,(H,27,33)(H,31,32)(H,34,35)(H4,25,26,28,29)/t12?,15?,17-/m0/s1. The van der Waals surface area contributed by atoms with Crippen molar-refractivity contribution in [3.8, 4) is 0 Å². The average Bonchev–Trinajstić information content (AvgIpc) is 3.34. The highest BCUT2D eigenvalue weighted by Gasteiger charge is 2.32. The van der Waals surface area contributed by atoms with Crippen LogP contribution in [-0.2, 0) is 22.4 Å². The van der Waals surface area contributed by atoms with Gasteiger partial charge in [-0.05, 0) is 68.2 Å². The molecule has 4 rings (SSSR count). The van der Waals surface area contributed by atoms with E-state index in [9.17, 15) is 19.5 Å². The summed E-state index contributed by atoms with van der Waals surface area (Å²) in [5, 5.41) is 20.6. The summed E-state index contributed by atoms with van der Waals surface area (Å²) in [6.45, 7) is 0. The van der Waals surface area contributed by atoms with Gasteiger partial charge in [-0.3, -0.25) is 9.59 Å². The molecule has 2 aromatic rings. The van der Waals surface area contributed by atoms with Crippen LogP contribution in [0, 0.1) is 0 Å². The zero-order chi connectivity index (χ0) is 25.3. The van der Waals surface area contributed by atoms with Crippen molar-refractivity contribution in [2.75, 3.05) is 23.4 Å². The summed E-state index contributed by atoms with van der Waals surface area (Å²) in [4.78, 5) is 45.5. The quantitative estimate of drug-likeness (QED) is 0.351. The van der Waals surface area contributed by atoms with Gasteiger partial charge in [0.05, 0.1) is 5.69 Å². The molecule has 11 heteroatoms. The van der Waals surface area contributed by atoms with Gasteiger partial charge in [-0.1, -0.05) is 0 Å². The van der Waals surface area contributed by atoms with Gasteiger partial charge in [0.2, 0.25) is 5.95 Å². The van der Waals surface area contributed by atoms with Gasteiger partial charge in [-0.25, -0.2) is 9.78 Å². The minimum Gasteiger partial charge on any atom is -0.481 e. The summed E-state index contributed by atoms with van der Waals surface area (Å²) >= 11 is 0. The van der Waals surface area contributed by atoms with Crippen LogP contribution in [0.2, 0.25) is 0 Å². The Morgan fingerprint density at radius 1 is 1.20 bits per heavy atom. The number of carbonyl (C=O) groups excluding carboxylic acids is 1. The number of aromatic nitrogens is 2. The third-order valence-electron chi connectivity index (χ3n) is 7.03. The smallest absolute Gasteiger partial charge is 0.326 e. The van der Waals surface area contributed by atoms with Gasteiger partial charge >= 0.3 is 11.9 Å². The maximum absolute atomic E-state index is 12.7. The molecular weight excluding hydrogens is 452 g/mol. The summed E-state index contributed by atoms with van der Waals surface area (Å²) in [5.74, 6) is -1.93. The molecule has 0 bridgehead atoms. The number of nitrogens with one attached hydrogen (secondary N) is 1. The highest BCUT2D eigenvalue weighted by Crippen LogP contribution is 2.41. The zero-order valence-corrected chi connectivity index (χ0v) is 19.5. The van der Waals surface area contributed by atoms with Crippen molar-refractivity contribution in [3.63, 3.8) is 0 Å². The highest BCUT2D eigenvalue weighted by atomic mass is 16.4. The number of aliphatic carboxylic acids is 2. The van der Waals surface area contributed by atoms with E-state index in [0.29, 0.717) is 17.3 Å². The van der Waals surface area contributed by atoms with E-state index in [1.807, 2.05) is 13.1 Å². The number of carbonyl (C=O) groups is 3. The maximum atomic E-state index is 12.7. The van der Waals surface area contributed by atoms with Crippen LogP contribution >= 0.6 is 0 Å². The summed E-state index contributed by atoms with van der Waals surface area (Å²) in [6, 6.07) is 4.32. The third kappa shape index (κ3) is 5.13. The van der Waals surface area contributed by atoms with Crippen molar-refractivity contribution >= 4 is 35.3 Å². The molecule has 0 radical (unpaired) electrons. The molecule has 0 spiro atoms. The SMILES string of the molecule is CN1c2ccc(C(=O)N[C@@H](CCC(=O)O)C(=O)O)cc2CC1CCC1CCc2nc(N)nc(N)c21. The molecule has 0 saturated carbocycles. The Labute approximate surface area is 202 Å². The van der Waals surface area contributed by atoms with Crippen molar-refractivity contribution in [1.82, 2.24) is 15.3 Å². The first-order valence-corrected chi connectivity index (χ1v) is 11.7. The van der Waals surface area contributed by atoms with Gasteiger partial charge < -0.3 is 31.9 Å². The van der Waals surface area contributed by atoms with Crippen LogP contribution < -0.4 is 21.7 Å². The number of likely N-dealkylation sites (N-methyl/N-ethyl adjacent to an activating group) is 1. The molecule has 3 atom stereocenters. The van der Waals surface area contributed by atoms with Gasteiger partial charge in [0.1, 0.15) is 11.9 Å². The minimum absolute atomic E-state index is 0.182. The normalized spacial score (nSPS) is 19.2. The predicted octanol–water partition coefficient (Wildman–Crippen LogP) is 1.56. The Morgan fingerprint density at radius 3 is 2.69 bits per heavy atom. The number of rotatable bonds is 9. The Kier molecular flexibility index (Phi) is 6.77. The van der Waals surface area contributed by atoms with Gasteiger partial charge in [0.15, 0.2) is 0 Å². The van der Waals surface area contributed by atoms with Crippen LogP contribution in [0.15, 0.2) is 18.2 Å². The molecule has 1 aromatic heterocycles. The molecule has 7 N–H and O–H groups in total. The van der Waals surface area contributed by atoms with Crippen molar-refractivity contribution < 1.29 is 24.6 Å². The van der Waals surface area contributed by atoms with Crippen LogP contribution in [0.25, 0.3) is 0 Å². The second kappa shape index (κ2) is 9.77. The first kappa shape index (κ1) is 24.2. The summed E-state index contributed by atoms with van der Waals surface area (Å²) in [7, 11) is 2.03. The predicted molar refractivity (Wildman–Crippen MR) is 129 cm³/mol. The Bertz CT molecular complexity index is 1170. The van der Waals surface area contributed by atoms with E-state index in [2.05, 4.69) is 20.2 Å². The topological polar surface area (TPSA) is 185 Å². The molecule has 1 aliphatic heterocycles. The van der Waals surface area contributed by atoms with E-state index in [0.717, 1.165) is 54.6 Å². The number of hydrogen-bond donors (Lipinski definition) is 5. The number of nitrogen functional groups attached to an aromatic ring is 2. The number of nitrogens with two attached hydrogens (primary N) is 2. The zero-order valence-electron chi connectivity index (χ0n) is 19.5. The second-order valence-corrected chi connectivity index (χ2v) is 9.25. The summed E-state index contributed by atoms with van der Waals surface area (Å²) in [6.07, 6.45) is 3.92. The third-order valence-corrected chi connectivity index (χ3v) is 7.03. The van der Waals surface area contributed by atoms with Crippen molar-refractivity contribution in [2.24, 2.45) is 0 Å². The highest BCUT2D eigenvalue weighted by molar-refractivity contribution is 5.97. The Hall–Kier alpha value is -3.89. The molecule has 11 nitrogen and oxygen atoms in total. The number of nitrogens with zero attached hydrogens (tertiary/aromatic N) is 3. The van der Waals surface area contributed by atoms with E-state index in [4.69, 9.17) is 16.6 Å². The van der Waals surface area contributed by atoms with E-state index in [1.165, 1.54) is 0 Å². The van der Waals surface area contributed by atoms with E-state index >= 15 is 0 Å². The number of anilines is 3. The number of amides is 1. The average molecular weight is 483 g/mol. The van der Waals surface area contributed by atoms with E-state index in [-0.39, 0.29) is 24.8 Å². The molecule has 1 amide bonds. The lowest BCUT2D eigenvalue weighted by molar-refractivity contribution is -0.140.